The second-order valence-corrected chi connectivity index (χ2v) is 6.58. The monoisotopic (exact) mass is 381 g/mol. The van der Waals surface area contributed by atoms with E-state index in [0.29, 0.717) is 23.2 Å². The molecule has 1 aliphatic heterocycles. The van der Waals surface area contributed by atoms with Gasteiger partial charge in [-0.2, -0.15) is 4.98 Å². The first-order valence-corrected chi connectivity index (χ1v) is 8.26. The molecule has 3 aromatic rings. The predicted octanol–water partition coefficient (Wildman–Crippen LogP) is 3.96. The standard InChI is InChI=1S/C16H11Cl2F2N5/c1-7-2-8-3-21-5-11(19)10(8)6-25(7)15-9-4-22-14(17)12(20)13(9)23-16(18)24-15/h3-5,7H,2,6H2,1H3/t7-/m1/s1. The van der Waals surface area contributed by atoms with Gasteiger partial charge in [0.05, 0.1) is 11.6 Å². The van der Waals surface area contributed by atoms with Crippen LogP contribution in [-0.2, 0) is 13.0 Å². The molecule has 0 unspecified atom stereocenters. The molecule has 0 aromatic carbocycles. The van der Waals surface area contributed by atoms with E-state index in [2.05, 4.69) is 19.9 Å². The van der Waals surface area contributed by atoms with Crippen molar-refractivity contribution < 1.29 is 8.78 Å². The minimum absolute atomic E-state index is 0.0109. The molecule has 3 aromatic heterocycles. The summed E-state index contributed by atoms with van der Waals surface area (Å²) < 4.78 is 28.5. The fraction of sp³-hybridized carbons (Fsp3) is 0.250. The average Bonchev–Trinajstić information content (AvgIpc) is 2.58. The number of hydrogen-bond acceptors (Lipinski definition) is 5. The third kappa shape index (κ3) is 2.67. The van der Waals surface area contributed by atoms with Crippen molar-refractivity contribution in [3.05, 3.63) is 51.8 Å². The summed E-state index contributed by atoms with van der Waals surface area (Å²) in [6.45, 7) is 2.23. The number of hydrogen-bond donors (Lipinski definition) is 0. The maximum Gasteiger partial charge on any atom is 0.225 e. The summed E-state index contributed by atoms with van der Waals surface area (Å²) in [5, 5.41) is -0.0321. The molecule has 4 rings (SSSR count). The number of nitrogens with zero attached hydrogens (tertiary/aromatic N) is 5. The largest absolute Gasteiger partial charge is 0.348 e. The van der Waals surface area contributed by atoms with Gasteiger partial charge in [-0.05, 0) is 30.5 Å². The van der Waals surface area contributed by atoms with Gasteiger partial charge >= 0.3 is 0 Å². The van der Waals surface area contributed by atoms with Gasteiger partial charge in [-0.25, -0.2) is 18.7 Å². The molecular formula is C16H11Cl2F2N5. The van der Waals surface area contributed by atoms with E-state index < -0.39 is 5.82 Å². The molecule has 0 bridgehead atoms. The van der Waals surface area contributed by atoms with Crippen LogP contribution in [0.2, 0.25) is 10.4 Å². The van der Waals surface area contributed by atoms with Crippen molar-refractivity contribution >= 4 is 39.9 Å². The molecule has 9 heteroatoms. The molecule has 0 aliphatic carbocycles. The number of anilines is 1. The van der Waals surface area contributed by atoms with Gasteiger partial charge in [0.1, 0.15) is 17.2 Å². The van der Waals surface area contributed by atoms with Crippen molar-refractivity contribution in [3.63, 3.8) is 0 Å². The SMILES string of the molecule is C[C@@H]1Cc2cncc(F)c2CN1c1nc(Cl)nc2c(F)c(Cl)ncc12. The summed E-state index contributed by atoms with van der Waals surface area (Å²) in [6.07, 6.45) is 4.82. The Kier molecular flexibility index (Phi) is 3.92. The zero-order valence-electron chi connectivity index (χ0n) is 13.0. The fourth-order valence-corrected chi connectivity index (χ4v) is 3.41. The van der Waals surface area contributed by atoms with Crippen molar-refractivity contribution in [1.82, 2.24) is 19.9 Å². The van der Waals surface area contributed by atoms with E-state index in [1.165, 1.54) is 12.4 Å². The Balaban J connectivity index is 1.90. The van der Waals surface area contributed by atoms with E-state index in [1.54, 1.807) is 6.20 Å². The average molecular weight is 382 g/mol. The van der Waals surface area contributed by atoms with E-state index in [-0.39, 0.29) is 34.4 Å². The van der Waals surface area contributed by atoms with Crippen molar-refractivity contribution in [2.75, 3.05) is 4.90 Å². The van der Waals surface area contributed by atoms with Gasteiger partial charge in [0.25, 0.3) is 0 Å². The Morgan fingerprint density at radius 1 is 1.16 bits per heavy atom. The number of rotatable bonds is 1. The smallest absolute Gasteiger partial charge is 0.225 e. The van der Waals surface area contributed by atoms with Gasteiger partial charge in [0.2, 0.25) is 5.28 Å². The molecule has 0 radical (unpaired) electrons. The Hall–Kier alpha value is -2.12. The first-order valence-electron chi connectivity index (χ1n) is 7.51. The van der Waals surface area contributed by atoms with Crippen LogP contribution >= 0.6 is 23.2 Å². The van der Waals surface area contributed by atoms with Gasteiger partial charge in [-0.1, -0.05) is 11.6 Å². The van der Waals surface area contributed by atoms with Crippen LogP contribution in [0.4, 0.5) is 14.6 Å². The lowest BCUT2D eigenvalue weighted by molar-refractivity contribution is 0.539. The Morgan fingerprint density at radius 3 is 2.76 bits per heavy atom. The zero-order valence-corrected chi connectivity index (χ0v) is 14.5. The van der Waals surface area contributed by atoms with Crippen LogP contribution in [-0.4, -0.2) is 26.0 Å². The number of aromatic nitrogens is 4. The van der Waals surface area contributed by atoms with Crippen LogP contribution < -0.4 is 4.90 Å². The van der Waals surface area contributed by atoms with Crippen LogP contribution in [0.3, 0.4) is 0 Å². The van der Waals surface area contributed by atoms with E-state index in [9.17, 15) is 8.78 Å². The van der Waals surface area contributed by atoms with Gasteiger partial charge in [-0.3, -0.25) is 4.98 Å². The van der Waals surface area contributed by atoms with Crippen LogP contribution in [0.5, 0.6) is 0 Å². The summed E-state index contributed by atoms with van der Waals surface area (Å²) in [5.41, 5.74) is 1.38. The van der Waals surface area contributed by atoms with Crippen molar-refractivity contribution in [2.45, 2.75) is 25.9 Å². The molecule has 5 nitrogen and oxygen atoms in total. The second-order valence-electron chi connectivity index (χ2n) is 5.88. The molecule has 0 N–H and O–H groups in total. The van der Waals surface area contributed by atoms with Crippen molar-refractivity contribution in [1.29, 1.82) is 0 Å². The zero-order chi connectivity index (χ0) is 17.7. The van der Waals surface area contributed by atoms with Gasteiger partial charge in [0, 0.05) is 30.5 Å². The highest BCUT2D eigenvalue weighted by molar-refractivity contribution is 6.30. The van der Waals surface area contributed by atoms with Crippen molar-refractivity contribution in [3.8, 4) is 0 Å². The molecule has 0 saturated heterocycles. The summed E-state index contributed by atoms with van der Waals surface area (Å²) >= 11 is 11.7. The maximum absolute atomic E-state index is 14.3. The van der Waals surface area contributed by atoms with Gasteiger partial charge in [0.15, 0.2) is 11.0 Å². The molecule has 1 atom stereocenters. The van der Waals surface area contributed by atoms with Crippen molar-refractivity contribution in [2.24, 2.45) is 0 Å². The van der Waals surface area contributed by atoms with Crippen LogP contribution in [0.15, 0.2) is 18.6 Å². The van der Waals surface area contributed by atoms with E-state index >= 15 is 0 Å². The molecule has 128 valence electrons. The molecule has 25 heavy (non-hydrogen) atoms. The summed E-state index contributed by atoms with van der Waals surface area (Å²) in [7, 11) is 0. The number of pyridine rings is 2. The third-order valence-corrected chi connectivity index (χ3v) is 4.77. The highest BCUT2D eigenvalue weighted by atomic mass is 35.5. The Morgan fingerprint density at radius 2 is 1.96 bits per heavy atom. The first-order chi connectivity index (χ1) is 12.0. The van der Waals surface area contributed by atoms with E-state index in [1.807, 2.05) is 11.8 Å². The normalized spacial score (nSPS) is 17.0. The maximum atomic E-state index is 14.3. The third-order valence-electron chi connectivity index (χ3n) is 4.34. The Bertz CT molecular complexity index is 998. The first kappa shape index (κ1) is 16.4. The number of fused-ring (bicyclic) bond motifs is 2. The predicted molar refractivity (Wildman–Crippen MR) is 90.9 cm³/mol. The second kappa shape index (κ2) is 6.00. The van der Waals surface area contributed by atoms with Gasteiger partial charge < -0.3 is 4.90 Å². The molecule has 4 heterocycles. The minimum Gasteiger partial charge on any atom is -0.348 e. The molecule has 0 amide bonds. The highest BCUT2D eigenvalue weighted by Gasteiger charge is 2.29. The van der Waals surface area contributed by atoms with Crippen LogP contribution in [0.1, 0.15) is 18.1 Å². The van der Waals surface area contributed by atoms with Crippen LogP contribution in [0.25, 0.3) is 10.9 Å². The summed E-state index contributed by atoms with van der Waals surface area (Å²) in [6, 6.07) is -0.0241. The molecular weight excluding hydrogens is 371 g/mol. The lowest BCUT2D eigenvalue weighted by Crippen LogP contribution is -2.39. The molecule has 0 saturated carbocycles. The highest BCUT2D eigenvalue weighted by Crippen LogP contribution is 2.34. The van der Waals surface area contributed by atoms with E-state index in [0.717, 1.165) is 5.56 Å². The quantitative estimate of drug-likeness (QED) is 0.471. The van der Waals surface area contributed by atoms with Crippen LogP contribution in [0, 0.1) is 11.6 Å². The lowest BCUT2D eigenvalue weighted by atomic mass is 9.96. The van der Waals surface area contributed by atoms with Gasteiger partial charge in [-0.15, -0.1) is 0 Å². The topological polar surface area (TPSA) is 54.8 Å². The fourth-order valence-electron chi connectivity index (χ4n) is 3.10. The van der Waals surface area contributed by atoms with E-state index in [4.69, 9.17) is 23.2 Å². The molecule has 1 aliphatic rings. The molecule has 0 spiro atoms. The Labute approximate surface area is 151 Å². The summed E-state index contributed by atoms with van der Waals surface area (Å²) in [5.74, 6) is -0.746. The summed E-state index contributed by atoms with van der Waals surface area (Å²) in [4.78, 5) is 17.8. The number of halogens is 4. The minimum atomic E-state index is -0.759. The molecule has 0 fully saturated rings. The lowest BCUT2D eigenvalue weighted by Gasteiger charge is -2.36.